The van der Waals surface area contributed by atoms with Crippen molar-refractivity contribution in [2.24, 2.45) is 16.9 Å². The Morgan fingerprint density at radius 2 is 1.39 bits per heavy atom. The number of benzene rings is 2. The molecule has 5 aromatic rings. The minimum atomic E-state index is -0.666. The molecule has 0 saturated carbocycles. The van der Waals surface area contributed by atoms with Gasteiger partial charge in [-0.05, 0) is 57.0 Å². The lowest BCUT2D eigenvalue weighted by molar-refractivity contribution is -0.123. The number of hydrogen-bond donors (Lipinski definition) is 3. The summed E-state index contributed by atoms with van der Waals surface area (Å²) in [5.74, 6) is 0.352. The number of carbonyl (C=O) groups is 4. The molecule has 3 aromatic heterocycles. The zero-order valence-corrected chi connectivity index (χ0v) is 32.7. The molecule has 0 spiro atoms. The van der Waals surface area contributed by atoms with Gasteiger partial charge in [0.05, 0.1) is 35.2 Å². The van der Waals surface area contributed by atoms with Crippen molar-refractivity contribution >= 4 is 78.5 Å². The van der Waals surface area contributed by atoms with E-state index in [4.69, 9.17) is 25.9 Å². The van der Waals surface area contributed by atoms with Crippen LogP contribution in [0.4, 0.5) is 5.95 Å². The monoisotopic (exact) mass is 775 g/mol. The molecular weight excluding hydrogens is 731 g/mol. The number of nitrogens with two attached hydrogens (primary N) is 2. The number of rotatable bonds is 11. The topological polar surface area (TPSA) is 204 Å². The van der Waals surface area contributed by atoms with Gasteiger partial charge in [-0.1, -0.05) is 32.9 Å². The number of allylic oxidation sites excluding steroid dienone is 2. The van der Waals surface area contributed by atoms with Crippen LogP contribution in [-0.2, 0) is 17.8 Å². The lowest BCUT2D eigenvalue weighted by Crippen LogP contribution is -2.31. The highest BCUT2D eigenvalue weighted by atomic mass is 32.1. The number of amides is 3. The third kappa shape index (κ3) is 7.29. The molecule has 17 heteroatoms. The van der Waals surface area contributed by atoms with Crippen LogP contribution < -0.4 is 26.3 Å². The lowest BCUT2D eigenvalue weighted by Gasteiger charge is -2.28. The van der Waals surface area contributed by atoms with Gasteiger partial charge in [-0.15, -0.1) is 0 Å². The molecule has 0 fully saturated rings. The van der Waals surface area contributed by atoms with Gasteiger partial charge in [0.15, 0.2) is 5.78 Å². The van der Waals surface area contributed by atoms with Crippen LogP contribution in [0, 0.1) is 12.3 Å². The Hall–Kier alpha value is -5.29. The molecule has 3 amide bonds. The van der Waals surface area contributed by atoms with E-state index in [2.05, 4.69) is 21.5 Å². The van der Waals surface area contributed by atoms with E-state index in [1.54, 1.807) is 35.0 Å². The molecule has 0 radical (unpaired) electrons. The number of hydrogen-bond acceptors (Lipinski definition) is 9. The highest BCUT2D eigenvalue weighted by Crippen LogP contribution is 2.40. The maximum absolute atomic E-state index is 13.6. The van der Waals surface area contributed by atoms with E-state index in [9.17, 15) is 19.2 Å². The Balaban J connectivity index is 0.00000280. The van der Waals surface area contributed by atoms with Crippen LogP contribution in [0.15, 0.2) is 42.5 Å². The zero-order chi connectivity index (χ0) is 37.1. The number of carbonyl (C=O) groups excluding carboxylic acids is 4. The SMILES string of the molecule is CCn1nc(C)cc1C(=O)Cc1nc2cc(C(N)=O)cc3c2n1[C@@H](C/C=C/C[C@H]1COc2cc(C(N)=O)cc4nc(NC(=O)C(C)(C)C)n1c24)CO3.S.S. The van der Waals surface area contributed by atoms with Gasteiger partial charge in [-0.25, -0.2) is 9.97 Å². The number of imidazole rings is 2. The number of aromatic nitrogens is 6. The third-order valence-corrected chi connectivity index (χ3v) is 9.43. The Labute approximate surface area is 325 Å². The van der Waals surface area contributed by atoms with Gasteiger partial charge in [-0.2, -0.15) is 32.1 Å². The second-order valence-corrected chi connectivity index (χ2v) is 14.3. The van der Waals surface area contributed by atoms with Gasteiger partial charge < -0.3 is 25.5 Å². The summed E-state index contributed by atoms with van der Waals surface area (Å²) < 4.78 is 17.9. The quantitative estimate of drug-likeness (QED) is 0.126. The van der Waals surface area contributed by atoms with E-state index in [1.807, 2.05) is 49.8 Å². The standard InChI is InChI=1S/C37H41N9O6.2H2S/c1-6-44-26(11-19(2)43-44)27(47)16-30-40-24-12-20(33(38)48)14-28-31(24)45(30)22(17-51-28)9-7-8-10-23-18-52-29-15-21(34(39)49)13-25-32(29)46(23)36(41-25)42-35(50)37(3,4)5;;/h7-8,11-15,22-23H,6,9-10,16-18H2,1-5H3,(H2,38,48)(H2,39,49)(H,41,42,50);2*1H2/b8-7+;;/t22-,23-;;/m0../s1. The van der Waals surface area contributed by atoms with Crippen molar-refractivity contribution in [1.29, 1.82) is 0 Å². The molecule has 2 aromatic carbocycles. The number of ketones is 1. The van der Waals surface area contributed by atoms with E-state index in [0.29, 0.717) is 70.4 Å². The van der Waals surface area contributed by atoms with E-state index in [1.165, 1.54) is 0 Å². The molecule has 15 nitrogen and oxygen atoms in total. The average Bonchev–Trinajstić information content (AvgIpc) is 3.78. The molecule has 0 bridgehead atoms. The van der Waals surface area contributed by atoms with Crippen LogP contribution in [0.5, 0.6) is 11.5 Å². The molecule has 0 unspecified atom stereocenters. The van der Waals surface area contributed by atoms with Gasteiger partial charge in [-0.3, -0.25) is 33.7 Å². The van der Waals surface area contributed by atoms with Crippen molar-refractivity contribution < 1.29 is 28.7 Å². The minimum Gasteiger partial charge on any atom is -0.489 e. The highest BCUT2D eigenvalue weighted by molar-refractivity contribution is 7.59. The fourth-order valence-corrected chi connectivity index (χ4v) is 6.81. The molecule has 7 rings (SSSR count). The Bertz CT molecular complexity index is 2340. The van der Waals surface area contributed by atoms with Crippen molar-refractivity contribution in [1.82, 2.24) is 28.9 Å². The Morgan fingerprint density at radius 3 is 1.93 bits per heavy atom. The van der Waals surface area contributed by atoms with Crippen LogP contribution in [-0.4, -0.2) is 65.6 Å². The summed E-state index contributed by atoms with van der Waals surface area (Å²) in [5.41, 5.74) is 14.7. The maximum atomic E-state index is 13.6. The van der Waals surface area contributed by atoms with Crippen molar-refractivity contribution in [3.8, 4) is 11.5 Å². The first-order valence-electron chi connectivity index (χ1n) is 17.2. The van der Waals surface area contributed by atoms with E-state index in [-0.39, 0.29) is 81.5 Å². The fraction of sp³-hybridized carbons (Fsp3) is 0.378. The van der Waals surface area contributed by atoms with Crippen LogP contribution in [0.3, 0.4) is 0 Å². The number of aryl methyl sites for hydroxylation is 2. The van der Waals surface area contributed by atoms with Crippen molar-refractivity contribution in [3.63, 3.8) is 0 Å². The van der Waals surface area contributed by atoms with Gasteiger partial charge in [0.2, 0.25) is 23.7 Å². The number of primary amides is 2. The summed E-state index contributed by atoms with van der Waals surface area (Å²) in [5, 5.41) is 7.41. The first-order chi connectivity index (χ1) is 24.7. The molecule has 286 valence electrons. The van der Waals surface area contributed by atoms with Gasteiger partial charge in [0, 0.05) is 23.1 Å². The average molecular weight is 776 g/mol. The van der Waals surface area contributed by atoms with E-state index >= 15 is 0 Å². The van der Waals surface area contributed by atoms with Crippen molar-refractivity contribution in [2.75, 3.05) is 18.5 Å². The number of nitrogens with one attached hydrogen (secondary N) is 1. The van der Waals surface area contributed by atoms with Crippen LogP contribution in [0.25, 0.3) is 22.1 Å². The van der Waals surface area contributed by atoms with Crippen molar-refractivity contribution in [3.05, 3.63) is 70.8 Å². The molecule has 5 N–H and O–H groups in total. The summed E-state index contributed by atoms with van der Waals surface area (Å²) in [6.45, 7) is 10.4. The Morgan fingerprint density at radius 1 is 0.852 bits per heavy atom. The van der Waals surface area contributed by atoms with Crippen LogP contribution in [0.1, 0.15) is 95.3 Å². The minimum absolute atomic E-state index is 0. The number of Topliss-reactive ketones (excluding diaryl/α,β-unsaturated/α-hetero) is 1. The Kier molecular flexibility index (Phi) is 11.2. The molecule has 0 saturated heterocycles. The lowest BCUT2D eigenvalue weighted by atomic mass is 9.96. The van der Waals surface area contributed by atoms with Gasteiger partial charge in [0.1, 0.15) is 47.3 Å². The molecule has 2 aliphatic heterocycles. The van der Waals surface area contributed by atoms with Gasteiger partial charge in [0.25, 0.3) is 0 Å². The van der Waals surface area contributed by atoms with Crippen molar-refractivity contribution in [2.45, 2.75) is 72.5 Å². The third-order valence-electron chi connectivity index (χ3n) is 9.43. The zero-order valence-electron chi connectivity index (χ0n) is 30.7. The van der Waals surface area contributed by atoms with Crippen LogP contribution >= 0.6 is 27.0 Å². The summed E-state index contributed by atoms with van der Waals surface area (Å²) in [6.07, 6.45) is 5.22. The summed E-state index contributed by atoms with van der Waals surface area (Å²) >= 11 is 0. The molecule has 54 heavy (non-hydrogen) atoms. The first-order valence-corrected chi connectivity index (χ1v) is 17.2. The summed E-state index contributed by atoms with van der Waals surface area (Å²) in [4.78, 5) is 60.3. The predicted molar refractivity (Wildman–Crippen MR) is 213 cm³/mol. The highest BCUT2D eigenvalue weighted by Gasteiger charge is 2.32. The molecule has 2 aliphatic rings. The predicted octanol–water partition coefficient (Wildman–Crippen LogP) is 4.65. The molecule has 5 heterocycles. The molecule has 0 aliphatic carbocycles. The number of nitrogens with zero attached hydrogens (tertiary/aromatic N) is 6. The van der Waals surface area contributed by atoms with Crippen LogP contribution in [0.2, 0.25) is 0 Å². The first kappa shape index (κ1) is 39.9. The second kappa shape index (κ2) is 15.2. The maximum Gasteiger partial charge on any atom is 0.248 e. The summed E-state index contributed by atoms with van der Waals surface area (Å²) in [6, 6.07) is 7.80. The fourth-order valence-electron chi connectivity index (χ4n) is 6.81. The van der Waals surface area contributed by atoms with E-state index < -0.39 is 17.2 Å². The number of anilines is 1. The van der Waals surface area contributed by atoms with E-state index in [0.717, 1.165) is 5.69 Å². The summed E-state index contributed by atoms with van der Waals surface area (Å²) in [7, 11) is 0. The van der Waals surface area contributed by atoms with Gasteiger partial charge >= 0.3 is 0 Å². The largest absolute Gasteiger partial charge is 0.489 e. The number of ether oxygens (including phenoxy) is 2. The molecular formula is C37H45N9O6S2. The second-order valence-electron chi connectivity index (χ2n) is 14.3. The normalized spacial score (nSPS) is 16.0. The smallest absolute Gasteiger partial charge is 0.248 e. The molecule has 2 atom stereocenters.